The van der Waals surface area contributed by atoms with E-state index in [0.717, 1.165) is 27.8 Å². The summed E-state index contributed by atoms with van der Waals surface area (Å²) in [6, 6.07) is 12.5. The van der Waals surface area contributed by atoms with Crippen molar-refractivity contribution < 1.29 is 14.2 Å². The quantitative estimate of drug-likeness (QED) is 0.798. The Hall–Kier alpha value is -2.46. The van der Waals surface area contributed by atoms with Crippen molar-refractivity contribution in [2.24, 2.45) is 0 Å². The average Bonchev–Trinajstić information content (AvgIpc) is 2.54. The van der Waals surface area contributed by atoms with Crippen LogP contribution in [0.2, 0.25) is 0 Å². The van der Waals surface area contributed by atoms with Crippen LogP contribution in [0.4, 0.5) is 4.39 Å². The summed E-state index contributed by atoms with van der Waals surface area (Å²) in [7, 11) is 1.45. The van der Waals surface area contributed by atoms with Crippen LogP contribution in [0.15, 0.2) is 42.5 Å². The van der Waals surface area contributed by atoms with Gasteiger partial charge in [-0.2, -0.15) is 0 Å². The van der Waals surface area contributed by atoms with Gasteiger partial charge in [0.05, 0.1) is 24.9 Å². The smallest absolute Gasteiger partial charge is 0.167 e. The summed E-state index contributed by atoms with van der Waals surface area (Å²) < 4.78 is 18.9. The van der Waals surface area contributed by atoms with E-state index in [9.17, 15) is 4.39 Å². The minimum absolute atomic E-state index is 0.00934. The zero-order valence-electron chi connectivity index (χ0n) is 12.4. The predicted octanol–water partition coefficient (Wildman–Crippen LogP) is 3.85. The fourth-order valence-corrected chi connectivity index (χ4v) is 2.50. The molecule has 1 aromatic heterocycles. The van der Waals surface area contributed by atoms with Gasteiger partial charge in [-0.1, -0.05) is 24.3 Å². The molecule has 3 nitrogen and oxygen atoms in total. The molecule has 0 fully saturated rings. The number of ether oxygens (including phenoxy) is 1. The molecular formula is C18H16FNO2. The van der Waals surface area contributed by atoms with Gasteiger partial charge in [0.25, 0.3) is 0 Å². The number of halogens is 1. The van der Waals surface area contributed by atoms with E-state index in [2.05, 4.69) is 4.98 Å². The van der Waals surface area contributed by atoms with Gasteiger partial charge in [-0.05, 0) is 30.2 Å². The minimum atomic E-state index is -0.423. The Labute approximate surface area is 128 Å². The molecule has 4 heteroatoms. The number of pyridine rings is 1. The van der Waals surface area contributed by atoms with Gasteiger partial charge in [0.15, 0.2) is 11.6 Å². The summed E-state index contributed by atoms with van der Waals surface area (Å²) in [6.07, 6.45) is 0. The third-order valence-corrected chi connectivity index (χ3v) is 3.69. The summed E-state index contributed by atoms with van der Waals surface area (Å²) >= 11 is 0. The van der Waals surface area contributed by atoms with Crippen LogP contribution in [0.25, 0.3) is 22.2 Å². The normalized spacial score (nSPS) is 10.9. The SMILES string of the molecule is COc1cc2cc(C)c(-c3ccc(CO)cc3)nc2cc1F. The van der Waals surface area contributed by atoms with E-state index in [1.54, 1.807) is 6.07 Å². The number of aliphatic hydroxyl groups is 1. The molecule has 3 rings (SSSR count). The van der Waals surface area contributed by atoms with Crippen LogP contribution in [0.3, 0.4) is 0 Å². The maximum absolute atomic E-state index is 13.9. The van der Waals surface area contributed by atoms with Crippen molar-refractivity contribution in [1.82, 2.24) is 4.98 Å². The first-order chi connectivity index (χ1) is 10.6. The van der Waals surface area contributed by atoms with Crippen LogP contribution in [0.5, 0.6) is 5.75 Å². The number of benzene rings is 2. The number of aromatic nitrogens is 1. The number of nitrogens with zero attached hydrogens (tertiary/aromatic N) is 1. The van der Waals surface area contributed by atoms with Crippen LogP contribution >= 0.6 is 0 Å². The topological polar surface area (TPSA) is 42.4 Å². The second-order valence-corrected chi connectivity index (χ2v) is 5.19. The first-order valence-corrected chi connectivity index (χ1v) is 6.97. The molecule has 0 bridgehead atoms. The number of methoxy groups -OCH3 is 1. The molecule has 2 aromatic carbocycles. The maximum Gasteiger partial charge on any atom is 0.167 e. The molecular weight excluding hydrogens is 281 g/mol. The van der Waals surface area contributed by atoms with Crippen LogP contribution in [0.1, 0.15) is 11.1 Å². The lowest BCUT2D eigenvalue weighted by atomic mass is 10.0. The van der Waals surface area contributed by atoms with Gasteiger partial charge in [-0.25, -0.2) is 9.37 Å². The standard InChI is InChI=1S/C18H16FNO2/c1-11-7-14-8-17(22-2)15(19)9-16(14)20-18(11)13-5-3-12(10-21)4-6-13/h3-9,21H,10H2,1-2H3. The number of aryl methyl sites for hydroxylation is 1. The van der Waals surface area contributed by atoms with Gasteiger partial charge < -0.3 is 9.84 Å². The molecule has 0 aliphatic rings. The highest BCUT2D eigenvalue weighted by Crippen LogP contribution is 2.29. The van der Waals surface area contributed by atoms with E-state index < -0.39 is 5.82 Å². The highest BCUT2D eigenvalue weighted by Gasteiger charge is 2.10. The van der Waals surface area contributed by atoms with Gasteiger partial charge in [-0.3, -0.25) is 0 Å². The van der Waals surface area contributed by atoms with Crippen molar-refractivity contribution in [2.45, 2.75) is 13.5 Å². The lowest BCUT2D eigenvalue weighted by Gasteiger charge is -2.10. The third kappa shape index (κ3) is 2.53. The summed E-state index contributed by atoms with van der Waals surface area (Å²) in [5.74, 6) is -0.207. The van der Waals surface area contributed by atoms with Gasteiger partial charge in [0.1, 0.15) is 0 Å². The summed E-state index contributed by atoms with van der Waals surface area (Å²) in [6.45, 7) is 1.98. The maximum atomic E-state index is 13.9. The lowest BCUT2D eigenvalue weighted by Crippen LogP contribution is -1.94. The van der Waals surface area contributed by atoms with E-state index in [-0.39, 0.29) is 12.4 Å². The fraction of sp³-hybridized carbons (Fsp3) is 0.167. The Kier molecular flexibility index (Phi) is 3.77. The zero-order chi connectivity index (χ0) is 15.7. The largest absolute Gasteiger partial charge is 0.494 e. The molecule has 3 aromatic rings. The highest BCUT2D eigenvalue weighted by molar-refractivity contribution is 5.84. The van der Waals surface area contributed by atoms with Crippen molar-refractivity contribution in [3.05, 3.63) is 59.4 Å². The summed E-state index contributed by atoms with van der Waals surface area (Å²) in [5.41, 5.74) is 4.18. The summed E-state index contributed by atoms with van der Waals surface area (Å²) in [4.78, 5) is 4.58. The van der Waals surface area contributed by atoms with E-state index >= 15 is 0 Å². The molecule has 0 saturated heterocycles. The van der Waals surface area contributed by atoms with E-state index in [4.69, 9.17) is 9.84 Å². The van der Waals surface area contributed by atoms with E-state index in [1.807, 2.05) is 37.3 Å². The predicted molar refractivity (Wildman–Crippen MR) is 84.3 cm³/mol. The molecule has 0 spiro atoms. The molecule has 112 valence electrons. The van der Waals surface area contributed by atoms with Gasteiger partial charge in [0, 0.05) is 17.0 Å². The Balaban J connectivity index is 2.15. The summed E-state index contributed by atoms with van der Waals surface area (Å²) in [5, 5.41) is 9.95. The number of hydrogen-bond donors (Lipinski definition) is 1. The monoisotopic (exact) mass is 297 g/mol. The van der Waals surface area contributed by atoms with Crippen molar-refractivity contribution in [2.75, 3.05) is 7.11 Å². The number of fused-ring (bicyclic) bond motifs is 1. The first kappa shape index (κ1) is 14.5. The molecule has 0 saturated carbocycles. The van der Waals surface area contributed by atoms with Crippen LogP contribution in [-0.4, -0.2) is 17.2 Å². The van der Waals surface area contributed by atoms with Gasteiger partial charge in [-0.15, -0.1) is 0 Å². The van der Waals surface area contributed by atoms with Crippen molar-refractivity contribution >= 4 is 10.9 Å². The molecule has 0 unspecified atom stereocenters. The van der Waals surface area contributed by atoms with Gasteiger partial charge >= 0.3 is 0 Å². The lowest BCUT2D eigenvalue weighted by molar-refractivity contribution is 0.282. The van der Waals surface area contributed by atoms with Crippen LogP contribution in [-0.2, 0) is 6.61 Å². The minimum Gasteiger partial charge on any atom is -0.494 e. The molecule has 0 atom stereocenters. The van der Waals surface area contributed by atoms with E-state index in [0.29, 0.717) is 5.52 Å². The molecule has 0 aliphatic heterocycles. The van der Waals surface area contributed by atoms with Crippen molar-refractivity contribution in [3.63, 3.8) is 0 Å². The number of aliphatic hydroxyl groups excluding tert-OH is 1. The second kappa shape index (κ2) is 5.73. The molecule has 1 N–H and O–H groups in total. The van der Waals surface area contributed by atoms with Crippen LogP contribution in [0, 0.1) is 12.7 Å². The molecule has 0 radical (unpaired) electrons. The zero-order valence-corrected chi connectivity index (χ0v) is 12.4. The Morgan fingerprint density at radius 1 is 1.14 bits per heavy atom. The average molecular weight is 297 g/mol. The van der Waals surface area contributed by atoms with Crippen molar-refractivity contribution in [3.8, 4) is 17.0 Å². The Morgan fingerprint density at radius 2 is 1.86 bits per heavy atom. The van der Waals surface area contributed by atoms with E-state index in [1.165, 1.54) is 13.2 Å². The van der Waals surface area contributed by atoms with Crippen LogP contribution < -0.4 is 4.74 Å². The molecule has 0 aliphatic carbocycles. The first-order valence-electron chi connectivity index (χ1n) is 6.97. The fourth-order valence-electron chi connectivity index (χ4n) is 2.50. The Bertz CT molecular complexity index is 829. The number of rotatable bonds is 3. The third-order valence-electron chi connectivity index (χ3n) is 3.69. The van der Waals surface area contributed by atoms with Crippen molar-refractivity contribution in [1.29, 1.82) is 0 Å². The molecule has 0 amide bonds. The van der Waals surface area contributed by atoms with Gasteiger partial charge in [0.2, 0.25) is 0 Å². The molecule has 22 heavy (non-hydrogen) atoms. The highest BCUT2D eigenvalue weighted by atomic mass is 19.1. The number of hydrogen-bond acceptors (Lipinski definition) is 3. The molecule has 1 heterocycles. The second-order valence-electron chi connectivity index (χ2n) is 5.19. The Morgan fingerprint density at radius 3 is 2.50 bits per heavy atom.